The van der Waals surface area contributed by atoms with Crippen LogP contribution >= 0.6 is 23.2 Å². The number of carboxylic acids is 1. The quantitative estimate of drug-likeness (QED) is 0.132. The molecule has 0 bridgehead atoms. The Morgan fingerprint density at radius 3 is 2.40 bits per heavy atom. The highest BCUT2D eigenvalue weighted by molar-refractivity contribution is 6.35. The summed E-state index contributed by atoms with van der Waals surface area (Å²) in [5.41, 5.74) is 9.44. The van der Waals surface area contributed by atoms with E-state index in [2.05, 4.69) is 11.5 Å². The third-order valence-electron chi connectivity index (χ3n) is 10.5. The van der Waals surface area contributed by atoms with Gasteiger partial charge < -0.3 is 28.6 Å². The molecule has 1 aliphatic heterocycles. The minimum atomic E-state index is -1.04. The number of carboxylic acid groups (broad SMARTS) is 1. The number of ether oxygens (including phenoxy) is 2. The number of aromatic carboxylic acids is 1. The highest BCUT2D eigenvalue weighted by Crippen LogP contribution is 2.45. The van der Waals surface area contributed by atoms with Gasteiger partial charge in [-0.1, -0.05) is 41.4 Å². The van der Waals surface area contributed by atoms with Gasteiger partial charge in [0.2, 0.25) is 0 Å². The van der Waals surface area contributed by atoms with Crippen molar-refractivity contribution in [3.63, 3.8) is 0 Å². The van der Waals surface area contributed by atoms with Gasteiger partial charge in [-0.05, 0) is 94.5 Å². The Bertz CT molecular complexity index is 2420. The zero-order valence-corrected chi connectivity index (χ0v) is 32.5. The van der Waals surface area contributed by atoms with Crippen LogP contribution in [0, 0.1) is 27.7 Å². The predicted molar refractivity (Wildman–Crippen MR) is 211 cm³/mol. The monoisotopic (exact) mass is 755 g/mol. The Morgan fingerprint density at radius 1 is 1.00 bits per heavy atom. The summed E-state index contributed by atoms with van der Waals surface area (Å²) in [5.74, 6) is -0.448. The number of amides is 1. The Kier molecular flexibility index (Phi) is 9.82. The first-order valence-corrected chi connectivity index (χ1v) is 18.5. The van der Waals surface area contributed by atoms with Crippen LogP contribution in [0.1, 0.15) is 68.4 Å². The van der Waals surface area contributed by atoms with E-state index in [-0.39, 0.29) is 17.6 Å². The average molecular weight is 757 g/mol. The maximum atomic E-state index is 15.2. The summed E-state index contributed by atoms with van der Waals surface area (Å²) in [6, 6.07) is 15.0. The summed E-state index contributed by atoms with van der Waals surface area (Å²) >= 11 is 13.5. The summed E-state index contributed by atoms with van der Waals surface area (Å²) in [6.45, 7) is 11.5. The zero-order chi connectivity index (χ0) is 37.9. The molecular formula is C41H43Cl2N5O5. The Labute approximate surface area is 318 Å². The van der Waals surface area contributed by atoms with Crippen molar-refractivity contribution in [1.29, 1.82) is 0 Å². The molecule has 0 unspecified atom stereocenters. The largest absolute Gasteiger partial charge is 0.494 e. The van der Waals surface area contributed by atoms with Crippen molar-refractivity contribution in [1.82, 2.24) is 18.9 Å². The molecule has 53 heavy (non-hydrogen) atoms. The van der Waals surface area contributed by atoms with Gasteiger partial charge in [0.05, 0.1) is 40.7 Å². The van der Waals surface area contributed by atoms with Crippen LogP contribution in [-0.2, 0) is 24.8 Å². The smallest absolute Gasteiger partial charge is 0.352 e. The second-order valence-electron chi connectivity index (χ2n) is 14.0. The number of halogens is 2. The number of fused-ring (bicyclic) bond motifs is 4. The topological polar surface area (TPSA) is 104 Å². The number of hydrogen-bond acceptors (Lipinski definition) is 5. The fraction of sp³-hybridized carbons (Fsp3) is 0.341. The van der Waals surface area contributed by atoms with Crippen LogP contribution in [0.15, 0.2) is 48.5 Å². The number of benzene rings is 3. The van der Waals surface area contributed by atoms with Crippen LogP contribution in [0.25, 0.3) is 32.9 Å². The van der Waals surface area contributed by atoms with Gasteiger partial charge in [0.15, 0.2) is 0 Å². The van der Waals surface area contributed by atoms with Crippen LogP contribution in [0.4, 0.5) is 5.69 Å². The Hall–Kier alpha value is -4.77. The molecule has 7 rings (SSSR count). The van der Waals surface area contributed by atoms with Gasteiger partial charge in [-0.3, -0.25) is 9.48 Å². The van der Waals surface area contributed by atoms with Crippen LogP contribution < -0.4 is 9.64 Å². The van der Waals surface area contributed by atoms with Gasteiger partial charge >= 0.3 is 5.97 Å². The van der Waals surface area contributed by atoms with Crippen LogP contribution in [-0.4, -0.2) is 62.8 Å². The highest BCUT2D eigenvalue weighted by atomic mass is 35.5. The molecule has 0 radical (unpaired) electrons. The lowest BCUT2D eigenvalue weighted by Gasteiger charge is -2.35. The number of carbonyl (C=O) groups excluding carboxylic acids is 1. The second kappa shape index (κ2) is 14.2. The number of hydrogen-bond donors (Lipinski definition) is 1. The lowest BCUT2D eigenvalue weighted by molar-refractivity contribution is 0.0683. The number of anilines is 1. The minimum Gasteiger partial charge on any atom is -0.494 e. The first-order chi connectivity index (χ1) is 25.3. The molecule has 0 fully saturated rings. The normalized spacial score (nSPS) is 14.5. The molecule has 1 aliphatic rings. The van der Waals surface area contributed by atoms with Crippen molar-refractivity contribution < 1.29 is 24.2 Å². The van der Waals surface area contributed by atoms with Gasteiger partial charge in [0, 0.05) is 65.9 Å². The van der Waals surface area contributed by atoms with Gasteiger partial charge in [-0.2, -0.15) is 5.10 Å². The lowest BCUT2D eigenvalue weighted by Crippen LogP contribution is -2.43. The highest BCUT2D eigenvalue weighted by Gasteiger charge is 2.38. The molecule has 1 N–H and O–H groups in total. The molecule has 12 heteroatoms. The van der Waals surface area contributed by atoms with E-state index in [0.29, 0.717) is 61.1 Å². The van der Waals surface area contributed by atoms with E-state index in [1.165, 1.54) is 0 Å². The van der Waals surface area contributed by atoms with E-state index in [9.17, 15) is 9.90 Å². The van der Waals surface area contributed by atoms with E-state index >= 15 is 4.79 Å². The number of aryl methyl sites for hydroxylation is 5. The average Bonchev–Trinajstić information content (AvgIpc) is 3.75. The summed E-state index contributed by atoms with van der Waals surface area (Å²) in [7, 11) is 3.51. The van der Waals surface area contributed by atoms with E-state index in [1.807, 2.05) is 81.9 Å². The SMILES string of the molecule is COCCn1c(C(=O)O)cc2cccc(N3C[C@@H](C)n4c(c(CCCOc5cc(C)c(Cl)c(C)c5)c5ccc(Cl)c(-c6c(C)nn(C)c6C)c54)C3=O)c21. The molecule has 0 saturated carbocycles. The van der Waals surface area contributed by atoms with E-state index in [4.69, 9.17) is 37.8 Å². The molecule has 0 aliphatic carbocycles. The van der Waals surface area contributed by atoms with E-state index in [0.717, 1.165) is 66.3 Å². The summed E-state index contributed by atoms with van der Waals surface area (Å²) < 4.78 is 17.3. The Morgan fingerprint density at radius 2 is 1.74 bits per heavy atom. The van der Waals surface area contributed by atoms with Gasteiger partial charge in [-0.25, -0.2) is 4.79 Å². The number of carbonyl (C=O) groups is 2. The zero-order valence-electron chi connectivity index (χ0n) is 31.0. The third-order valence-corrected chi connectivity index (χ3v) is 11.4. The van der Waals surface area contributed by atoms with Crippen molar-refractivity contribution in [3.05, 3.63) is 98.0 Å². The number of aromatic nitrogens is 4. The fourth-order valence-corrected chi connectivity index (χ4v) is 8.41. The first-order valence-electron chi connectivity index (χ1n) is 17.8. The maximum Gasteiger partial charge on any atom is 0.352 e. The molecule has 276 valence electrons. The van der Waals surface area contributed by atoms with E-state index in [1.54, 1.807) is 22.6 Å². The van der Waals surface area contributed by atoms with E-state index < -0.39 is 5.97 Å². The summed E-state index contributed by atoms with van der Waals surface area (Å²) in [4.78, 5) is 29.3. The fourth-order valence-electron chi connectivity index (χ4n) is 8.05. The number of para-hydroxylation sites is 1. The lowest BCUT2D eigenvalue weighted by atomic mass is 9.98. The molecule has 4 heterocycles. The van der Waals surface area contributed by atoms with Gasteiger partial charge in [0.1, 0.15) is 17.1 Å². The summed E-state index contributed by atoms with van der Waals surface area (Å²) in [5, 5.41) is 17.9. The standard InChI is InChI=1S/C41H43Cl2N5O5/c1-22-18-28(19-23(2)36(22)43)53-16-9-11-29-30-13-14-31(42)35(34-25(4)44-45(6)26(34)5)38(30)48-24(3)21-47(40(49)39(29)48)32-12-8-10-27-20-33(41(50)51)46(37(27)32)15-17-52-7/h8,10,12-14,18-20,24H,9,11,15-17,21H2,1-7H3,(H,50,51)/t24-/m1/s1. The van der Waals surface area contributed by atoms with Crippen molar-refractivity contribution >= 4 is 62.6 Å². The first kappa shape index (κ1) is 36.6. The van der Waals surface area contributed by atoms with Crippen molar-refractivity contribution in [2.45, 2.75) is 60.0 Å². The molecule has 1 amide bonds. The summed E-state index contributed by atoms with van der Waals surface area (Å²) in [6.07, 6.45) is 1.22. The maximum absolute atomic E-state index is 15.2. The van der Waals surface area contributed by atoms with Crippen molar-refractivity contribution in [3.8, 4) is 16.9 Å². The van der Waals surface area contributed by atoms with Crippen molar-refractivity contribution in [2.24, 2.45) is 7.05 Å². The minimum absolute atomic E-state index is 0.143. The second-order valence-corrected chi connectivity index (χ2v) is 14.8. The Balaban J connectivity index is 1.39. The molecule has 1 atom stereocenters. The number of rotatable bonds is 11. The predicted octanol–water partition coefficient (Wildman–Crippen LogP) is 9.11. The third kappa shape index (κ3) is 6.16. The molecule has 3 aromatic carbocycles. The molecule has 10 nitrogen and oxygen atoms in total. The van der Waals surface area contributed by atoms with Gasteiger partial charge in [-0.15, -0.1) is 0 Å². The molecule has 0 spiro atoms. The molecule has 0 saturated heterocycles. The number of methoxy groups -OCH3 is 1. The van der Waals surface area contributed by atoms with Crippen LogP contribution in [0.5, 0.6) is 5.75 Å². The number of nitrogens with zero attached hydrogens (tertiary/aromatic N) is 5. The molecule has 3 aromatic heterocycles. The van der Waals surface area contributed by atoms with Crippen LogP contribution in [0.2, 0.25) is 10.0 Å². The molecular weight excluding hydrogens is 713 g/mol. The molecule has 6 aromatic rings. The van der Waals surface area contributed by atoms with Crippen molar-refractivity contribution in [2.75, 3.05) is 31.8 Å². The van der Waals surface area contributed by atoms with Crippen LogP contribution in [0.3, 0.4) is 0 Å². The van der Waals surface area contributed by atoms with Gasteiger partial charge in [0.25, 0.3) is 5.91 Å².